The number of carbonyl (C=O) groups excluding carboxylic acids is 1. The molecular weight excluding hydrogens is 426 g/mol. The Morgan fingerprint density at radius 2 is 1.65 bits per heavy atom. The lowest BCUT2D eigenvalue weighted by atomic mass is 10.0. The summed E-state index contributed by atoms with van der Waals surface area (Å²) >= 11 is 0. The predicted molar refractivity (Wildman–Crippen MR) is 136 cm³/mol. The minimum atomic E-state index is -0.228. The number of benzene rings is 4. The van der Waals surface area contributed by atoms with Crippen molar-refractivity contribution in [2.24, 2.45) is 4.99 Å². The van der Waals surface area contributed by atoms with Crippen LogP contribution in [0.2, 0.25) is 0 Å². The molecule has 6 heteroatoms. The van der Waals surface area contributed by atoms with Gasteiger partial charge in [0, 0.05) is 16.6 Å². The number of anilines is 1. The highest BCUT2D eigenvalue weighted by Gasteiger charge is 2.19. The number of amidine groups is 1. The molecule has 0 atom stereocenters. The van der Waals surface area contributed by atoms with Gasteiger partial charge in [-0.3, -0.25) is 4.79 Å². The first-order valence-corrected chi connectivity index (χ1v) is 10.8. The van der Waals surface area contributed by atoms with Gasteiger partial charge in [0.2, 0.25) is 0 Å². The summed E-state index contributed by atoms with van der Waals surface area (Å²) in [5, 5.41) is 8.59. The third-order valence-electron chi connectivity index (χ3n) is 5.63. The molecule has 2 N–H and O–H groups in total. The van der Waals surface area contributed by atoms with Crippen LogP contribution in [0.1, 0.15) is 15.9 Å². The molecule has 0 spiro atoms. The standard InChI is InChI=1S/C28H23N3O3/c1-33-24-15-14-18(17-25(24)34-2)16-23(31-28(32)20-8-4-3-5-9-20)27-29-21-12-6-10-19-11-7-13-22(30-27)26(19)21/h3-17H,1-2H3,(H,29,30)(H,31,32)/b23-16-. The molecule has 0 aromatic heterocycles. The molecule has 168 valence electrons. The Bertz CT molecular complexity index is 1440. The maximum absolute atomic E-state index is 13.1. The van der Waals surface area contributed by atoms with Gasteiger partial charge in [-0.15, -0.1) is 0 Å². The molecule has 1 aliphatic heterocycles. The number of aliphatic imine (C=N–C) groups is 1. The molecule has 5 rings (SSSR count). The summed E-state index contributed by atoms with van der Waals surface area (Å²) in [5.74, 6) is 1.54. The molecule has 0 saturated carbocycles. The van der Waals surface area contributed by atoms with Crippen molar-refractivity contribution in [3.63, 3.8) is 0 Å². The maximum Gasteiger partial charge on any atom is 0.255 e. The van der Waals surface area contributed by atoms with E-state index in [0.717, 1.165) is 27.7 Å². The zero-order chi connectivity index (χ0) is 23.5. The van der Waals surface area contributed by atoms with E-state index in [2.05, 4.69) is 22.8 Å². The van der Waals surface area contributed by atoms with Crippen molar-refractivity contribution < 1.29 is 14.3 Å². The fourth-order valence-electron chi connectivity index (χ4n) is 3.98. The predicted octanol–water partition coefficient (Wildman–Crippen LogP) is 5.78. The van der Waals surface area contributed by atoms with Crippen LogP contribution in [-0.4, -0.2) is 26.0 Å². The smallest absolute Gasteiger partial charge is 0.255 e. The van der Waals surface area contributed by atoms with Crippen molar-refractivity contribution in [2.75, 3.05) is 19.5 Å². The van der Waals surface area contributed by atoms with Crippen LogP contribution in [0.3, 0.4) is 0 Å². The molecule has 0 saturated heterocycles. The fourth-order valence-corrected chi connectivity index (χ4v) is 3.98. The van der Waals surface area contributed by atoms with Crippen LogP contribution in [0.15, 0.2) is 95.6 Å². The van der Waals surface area contributed by atoms with Gasteiger partial charge in [0.05, 0.1) is 25.6 Å². The van der Waals surface area contributed by atoms with E-state index >= 15 is 0 Å². The van der Waals surface area contributed by atoms with Crippen molar-refractivity contribution in [2.45, 2.75) is 0 Å². The van der Waals surface area contributed by atoms with Gasteiger partial charge in [-0.2, -0.15) is 0 Å². The summed E-state index contributed by atoms with van der Waals surface area (Å²) in [6.45, 7) is 0. The van der Waals surface area contributed by atoms with Crippen LogP contribution < -0.4 is 20.1 Å². The van der Waals surface area contributed by atoms with Crippen LogP contribution in [-0.2, 0) is 0 Å². The van der Waals surface area contributed by atoms with Crippen molar-refractivity contribution in [1.82, 2.24) is 5.32 Å². The number of amides is 1. The number of carbonyl (C=O) groups is 1. The monoisotopic (exact) mass is 449 g/mol. The summed E-state index contributed by atoms with van der Waals surface area (Å²) in [6, 6.07) is 26.7. The Morgan fingerprint density at radius 1 is 0.882 bits per heavy atom. The lowest BCUT2D eigenvalue weighted by Gasteiger charge is -2.21. The third kappa shape index (κ3) is 4.09. The number of nitrogens with zero attached hydrogens (tertiary/aromatic N) is 1. The Kier molecular flexibility index (Phi) is 5.70. The molecule has 1 heterocycles. The molecule has 1 amide bonds. The Balaban J connectivity index is 1.60. The molecular formula is C28H23N3O3. The number of methoxy groups -OCH3 is 2. The molecule has 0 radical (unpaired) electrons. The van der Waals surface area contributed by atoms with E-state index in [4.69, 9.17) is 14.5 Å². The van der Waals surface area contributed by atoms with E-state index in [-0.39, 0.29) is 5.91 Å². The molecule has 4 aromatic rings. The second kappa shape index (κ2) is 9.11. The van der Waals surface area contributed by atoms with Gasteiger partial charge < -0.3 is 20.1 Å². The number of hydrogen-bond donors (Lipinski definition) is 2. The number of hydrogen-bond acceptors (Lipinski definition) is 5. The minimum absolute atomic E-state index is 0.228. The average molecular weight is 450 g/mol. The molecule has 34 heavy (non-hydrogen) atoms. The fraction of sp³-hybridized carbons (Fsp3) is 0.0714. The van der Waals surface area contributed by atoms with Gasteiger partial charge in [0.25, 0.3) is 5.91 Å². The Labute approximate surface area is 197 Å². The summed E-state index contributed by atoms with van der Waals surface area (Å²) in [4.78, 5) is 17.9. The van der Waals surface area contributed by atoms with E-state index < -0.39 is 0 Å². The second-order valence-electron chi connectivity index (χ2n) is 7.76. The summed E-state index contributed by atoms with van der Waals surface area (Å²) in [7, 11) is 3.19. The van der Waals surface area contributed by atoms with Gasteiger partial charge >= 0.3 is 0 Å². The van der Waals surface area contributed by atoms with Gasteiger partial charge in [-0.25, -0.2) is 4.99 Å². The zero-order valence-corrected chi connectivity index (χ0v) is 18.8. The SMILES string of the molecule is COc1ccc(/C=C(\NC(=O)c2ccccc2)C2=Nc3cccc4cccc(c34)N2)cc1OC. The van der Waals surface area contributed by atoms with Crippen LogP contribution in [0.4, 0.5) is 11.4 Å². The van der Waals surface area contributed by atoms with Crippen molar-refractivity contribution in [3.8, 4) is 11.5 Å². The first-order chi connectivity index (χ1) is 16.7. The molecule has 6 nitrogen and oxygen atoms in total. The minimum Gasteiger partial charge on any atom is -0.493 e. The highest BCUT2D eigenvalue weighted by atomic mass is 16.5. The van der Waals surface area contributed by atoms with E-state index in [1.54, 1.807) is 26.4 Å². The summed E-state index contributed by atoms with van der Waals surface area (Å²) in [5.41, 5.74) is 3.69. The molecule has 0 aliphatic carbocycles. The van der Waals surface area contributed by atoms with Crippen LogP contribution in [0, 0.1) is 0 Å². The van der Waals surface area contributed by atoms with E-state index in [9.17, 15) is 4.79 Å². The topological polar surface area (TPSA) is 72.0 Å². The third-order valence-corrected chi connectivity index (χ3v) is 5.63. The lowest BCUT2D eigenvalue weighted by molar-refractivity contribution is 0.0968. The average Bonchev–Trinajstić information content (AvgIpc) is 2.89. The van der Waals surface area contributed by atoms with Crippen LogP contribution in [0.5, 0.6) is 11.5 Å². The van der Waals surface area contributed by atoms with Crippen LogP contribution >= 0.6 is 0 Å². The number of ether oxygens (including phenoxy) is 2. The summed E-state index contributed by atoms with van der Waals surface area (Å²) in [6.07, 6.45) is 1.86. The van der Waals surface area contributed by atoms with Gasteiger partial charge in [-0.05, 0) is 53.4 Å². The van der Waals surface area contributed by atoms with Gasteiger partial charge in [0.15, 0.2) is 17.3 Å². The first-order valence-electron chi connectivity index (χ1n) is 10.8. The molecule has 1 aliphatic rings. The molecule has 0 fully saturated rings. The normalized spacial score (nSPS) is 12.5. The summed E-state index contributed by atoms with van der Waals surface area (Å²) < 4.78 is 10.8. The molecule has 0 bridgehead atoms. The van der Waals surface area contributed by atoms with Crippen LogP contribution in [0.25, 0.3) is 16.8 Å². The largest absolute Gasteiger partial charge is 0.493 e. The number of nitrogens with one attached hydrogen (secondary N) is 2. The first kappa shape index (κ1) is 21.3. The highest BCUT2D eigenvalue weighted by molar-refractivity contribution is 6.21. The zero-order valence-electron chi connectivity index (χ0n) is 18.8. The molecule has 4 aromatic carbocycles. The van der Waals surface area contributed by atoms with Crippen molar-refractivity contribution in [3.05, 3.63) is 102 Å². The Hall–Kier alpha value is -4.58. The van der Waals surface area contributed by atoms with Crippen molar-refractivity contribution >= 4 is 40.0 Å². The number of rotatable bonds is 6. The quantitative estimate of drug-likeness (QED) is 0.391. The van der Waals surface area contributed by atoms with E-state index in [0.29, 0.717) is 28.6 Å². The maximum atomic E-state index is 13.1. The van der Waals surface area contributed by atoms with E-state index in [1.807, 2.05) is 66.7 Å². The second-order valence-corrected chi connectivity index (χ2v) is 7.76. The van der Waals surface area contributed by atoms with Gasteiger partial charge in [0.1, 0.15) is 0 Å². The van der Waals surface area contributed by atoms with E-state index in [1.165, 1.54) is 0 Å². The lowest BCUT2D eigenvalue weighted by Crippen LogP contribution is -2.31. The van der Waals surface area contributed by atoms with Crippen molar-refractivity contribution in [1.29, 1.82) is 0 Å². The highest BCUT2D eigenvalue weighted by Crippen LogP contribution is 2.36. The van der Waals surface area contributed by atoms with Gasteiger partial charge in [-0.1, -0.05) is 48.5 Å². The molecule has 0 unspecified atom stereocenters. The Morgan fingerprint density at radius 3 is 2.41 bits per heavy atom.